The van der Waals surface area contributed by atoms with Gasteiger partial charge in [0.2, 0.25) is 0 Å². The number of hydrogen-bond donors (Lipinski definition) is 2. The highest BCUT2D eigenvalue weighted by molar-refractivity contribution is 5.71. The monoisotopic (exact) mass is 506 g/mol. The molecule has 1 aromatic carbocycles. The number of alkyl carbamates (subject to hydrolysis) is 1. The van der Waals surface area contributed by atoms with Crippen LogP contribution in [-0.2, 0) is 22.7 Å². The number of carboxylic acid groups (broad SMARTS) is 1. The van der Waals surface area contributed by atoms with Gasteiger partial charge in [0.25, 0.3) is 0 Å². The summed E-state index contributed by atoms with van der Waals surface area (Å²) < 4.78 is 6.54. The van der Waals surface area contributed by atoms with E-state index in [1.165, 1.54) is 4.57 Å². The predicted molar refractivity (Wildman–Crippen MR) is 138 cm³/mol. The van der Waals surface area contributed by atoms with Crippen LogP contribution < -0.4 is 20.8 Å². The van der Waals surface area contributed by atoms with Crippen LogP contribution in [0.5, 0.6) is 0 Å². The number of ether oxygens (including phenoxy) is 1. The number of carbonyl (C=O) groups excluding carboxylic acids is 1. The molecule has 11 nitrogen and oxygen atoms in total. The molecule has 1 fully saturated rings. The van der Waals surface area contributed by atoms with E-state index in [2.05, 4.69) is 25.1 Å². The first-order valence-corrected chi connectivity index (χ1v) is 12.1. The molecule has 0 spiro atoms. The molecule has 1 aliphatic heterocycles. The Balaban J connectivity index is 1.39. The second-order valence-electron chi connectivity index (χ2n) is 8.85. The Morgan fingerprint density at radius 1 is 1.05 bits per heavy atom. The summed E-state index contributed by atoms with van der Waals surface area (Å²) in [5.41, 5.74) is 1.08. The third-order valence-corrected chi connectivity index (χ3v) is 6.07. The molecule has 4 rings (SSSR count). The maximum atomic E-state index is 12.9. The highest BCUT2D eigenvalue weighted by Gasteiger charge is 2.23. The number of rotatable bonds is 9. The number of aliphatic carboxylic acids is 1. The molecule has 1 saturated heterocycles. The maximum absolute atomic E-state index is 12.9. The lowest BCUT2D eigenvalue weighted by Crippen LogP contribution is -2.48. The highest BCUT2D eigenvalue weighted by Crippen LogP contribution is 2.19. The van der Waals surface area contributed by atoms with Gasteiger partial charge in [-0.25, -0.2) is 14.6 Å². The van der Waals surface area contributed by atoms with Gasteiger partial charge in [0.15, 0.2) is 0 Å². The van der Waals surface area contributed by atoms with Crippen LogP contribution in [0.4, 0.5) is 16.4 Å². The number of nitrogens with one attached hydrogen (secondary N) is 1. The summed E-state index contributed by atoms with van der Waals surface area (Å²) in [6.45, 7) is 4.72. The molecule has 3 heterocycles. The third kappa shape index (κ3) is 7.06. The number of hydrogen-bond acceptors (Lipinski definition) is 8. The van der Waals surface area contributed by atoms with Crippen molar-refractivity contribution in [1.82, 2.24) is 19.9 Å². The molecule has 1 atom stereocenters. The summed E-state index contributed by atoms with van der Waals surface area (Å²) in [6, 6.07) is 14.1. The SMILES string of the molecule is Cc1cn(CC(CC(=O)O)NC(=O)OCc2ccccc2)c(=O)nc1N1CCN(c2ccccn2)CC1. The Bertz CT molecular complexity index is 1260. The van der Waals surface area contributed by atoms with E-state index in [0.29, 0.717) is 18.9 Å². The Morgan fingerprint density at radius 2 is 1.76 bits per heavy atom. The summed E-state index contributed by atoms with van der Waals surface area (Å²) in [6.07, 6.45) is 2.29. The number of pyridine rings is 1. The zero-order valence-corrected chi connectivity index (χ0v) is 20.6. The molecule has 2 N–H and O–H groups in total. The molecule has 1 unspecified atom stereocenters. The second-order valence-corrected chi connectivity index (χ2v) is 8.85. The molecule has 1 aliphatic rings. The van der Waals surface area contributed by atoms with Crippen molar-refractivity contribution in [3.05, 3.63) is 82.5 Å². The zero-order valence-electron chi connectivity index (χ0n) is 20.6. The van der Waals surface area contributed by atoms with E-state index in [9.17, 15) is 19.5 Å². The first-order valence-electron chi connectivity index (χ1n) is 12.1. The van der Waals surface area contributed by atoms with E-state index in [-0.39, 0.29) is 19.6 Å². The fraction of sp³-hybridized carbons (Fsp3) is 0.346. The summed E-state index contributed by atoms with van der Waals surface area (Å²) in [5.74, 6) is 0.418. The molecule has 11 heteroatoms. The average molecular weight is 507 g/mol. The quantitative estimate of drug-likeness (QED) is 0.448. The van der Waals surface area contributed by atoms with Crippen molar-refractivity contribution in [2.24, 2.45) is 0 Å². The first-order chi connectivity index (χ1) is 17.9. The normalized spacial score (nSPS) is 14.2. The summed E-state index contributed by atoms with van der Waals surface area (Å²) in [5, 5.41) is 11.9. The van der Waals surface area contributed by atoms with Crippen molar-refractivity contribution in [3.63, 3.8) is 0 Å². The fourth-order valence-corrected chi connectivity index (χ4v) is 4.27. The molecule has 0 saturated carbocycles. The van der Waals surface area contributed by atoms with Crippen molar-refractivity contribution in [3.8, 4) is 0 Å². The van der Waals surface area contributed by atoms with Crippen LogP contribution in [0.15, 0.2) is 65.7 Å². The number of carboxylic acids is 1. The van der Waals surface area contributed by atoms with E-state index in [1.807, 2.05) is 55.5 Å². The number of amides is 1. The summed E-state index contributed by atoms with van der Waals surface area (Å²) >= 11 is 0. The molecule has 37 heavy (non-hydrogen) atoms. The molecule has 0 bridgehead atoms. The Morgan fingerprint density at radius 3 is 2.43 bits per heavy atom. The van der Waals surface area contributed by atoms with Crippen molar-refractivity contribution in [2.75, 3.05) is 36.0 Å². The third-order valence-electron chi connectivity index (χ3n) is 6.07. The molecule has 194 valence electrons. The van der Waals surface area contributed by atoms with Gasteiger partial charge in [-0.3, -0.25) is 9.36 Å². The smallest absolute Gasteiger partial charge is 0.407 e. The number of aromatic nitrogens is 3. The van der Waals surface area contributed by atoms with Crippen LogP contribution >= 0.6 is 0 Å². The van der Waals surface area contributed by atoms with Gasteiger partial charge in [0.05, 0.1) is 12.5 Å². The minimum atomic E-state index is -1.10. The van der Waals surface area contributed by atoms with Gasteiger partial charge in [-0.1, -0.05) is 36.4 Å². The van der Waals surface area contributed by atoms with Gasteiger partial charge in [-0.15, -0.1) is 0 Å². The van der Waals surface area contributed by atoms with Crippen LogP contribution in [0.3, 0.4) is 0 Å². The Hall–Kier alpha value is -4.41. The van der Waals surface area contributed by atoms with E-state index in [4.69, 9.17) is 4.74 Å². The van der Waals surface area contributed by atoms with Gasteiger partial charge in [0.1, 0.15) is 18.2 Å². The maximum Gasteiger partial charge on any atom is 0.407 e. The lowest BCUT2D eigenvalue weighted by Gasteiger charge is -2.36. The minimum Gasteiger partial charge on any atom is -0.481 e. The van der Waals surface area contributed by atoms with Crippen molar-refractivity contribution < 1.29 is 19.4 Å². The van der Waals surface area contributed by atoms with Crippen molar-refractivity contribution in [1.29, 1.82) is 0 Å². The lowest BCUT2D eigenvalue weighted by molar-refractivity contribution is -0.137. The largest absolute Gasteiger partial charge is 0.481 e. The summed E-state index contributed by atoms with van der Waals surface area (Å²) in [4.78, 5) is 49.5. The van der Waals surface area contributed by atoms with Gasteiger partial charge in [0, 0.05) is 50.7 Å². The molecular weight excluding hydrogens is 476 g/mol. The van der Waals surface area contributed by atoms with E-state index in [0.717, 1.165) is 30.0 Å². The average Bonchev–Trinajstić information content (AvgIpc) is 2.90. The number of anilines is 2. The molecule has 3 aromatic rings. The molecular formula is C26H30N6O5. The summed E-state index contributed by atoms with van der Waals surface area (Å²) in [7, 11) is 0. The molecule has 0 radical (unpaired) electrons. The Labute approximate surface area is 214 Å². The highest BCUT2D eigenvalue weighted by atomic mass is 16.5. The number of piperazine rings is 1. The van der Waals surface area contributed by atoms with Gasteiger partial charge >= 0.3 is 17.8 Å². The van der Waals surface area contributed by atoms with Crippen LogP contribution in [0.2, 0.25) is 0 Å². The fourth-order valence-electron chi connectivity index (χ4n) is 4.27. The van der Waals surface area contributed by atoms with E-state index in [1.54, 1.807) is 12.4 Å². The second kappa shape index (κ2) is 12.0. The van der Waals surface area contributed by atoms with Gasteiger partial charge < -0.3 is 25.0 Å². The minimum absolute atomic E-state index is 0.0485. The van der Waals surface area contributed by atoms with E-state index < -0.39 is 23.8 Å². The van der Waals surface area contributed by atoms with Gasteiger partial charge in [-0.05, 0) is 24.6 Å². The number of carbonyl (C=O) groups is 2. The molecule has 2 aromatic heterocycles. The van der Waals surface area contributed by atoms with Crippen LogP contribution in [0, 0.1) is 6.92 Å². The lowest BCUT2D eigenvalue weighted by atomic mass is 10.2. The van der Waals surface area contributed by atoms with Crippen LogP contribution in [0.1, 0.15) is 17.5 Å². The Kier molecular flexibility index (Phi) is 8.34. The van der Waals surface area contributed by atoms with E-state index >= 15 is 0 Å². The van der Waals surface area contributed by atoms with Crippen LogP contribution in [0.25, 0.3) is 0 Å². The topological polar surface area (TPSA) is 130 Å². The number of aryl methyl sites for hydroxylation is 1. The van der Waals surface area contributed by atoms with Crippen molar-refractivity contribution in [2.45, 2.75) is 32.5 Å². The first kappa shape index (κ1) is 25.7. The molecule has 1 amide bonds. The molecule has 0 aliphatic carbocycles. The zero-order chi connectivity index (χ0) is 26.2. The number of nitrogens with zero attached hydrogens (tertiary/aromatic N) is 5. The van der Waals surface area contributed by atoms with Crippen molar-refractivity contribution >= 4 is 23.7 Å². The number of benzene rings is 1. The van der Waals surface area contributed by atoms with Crippen LogP contribution in [-0.4, -0.2) is 63.9 Å². The predicted octanol–water partition coefficient (Wildman–Crippen LogP) is 2.04. The van der Waals surface area contributed by atoms with Gasteiger partial charge in [-0.2, -0.15) is 4.98 Å². The standard InChI is InChI=1S/C26H30N6O5/c1-19-16-32(17-21(15-23(33)34)28-26(36)37-18-20-7-3-2-4-8-20)25(35)29-24(19)31-13-11-30(12-14-31)22-9-5-6-10-27-22/h2-10,16,21H,11-15,17-18H2,1H3,(H,28,36)(H,33,34).